The first-order valence-electron chi connectivity index (χ1n) is 9.04. The van der Waals surface area contributed by atoms with Gasteiger partial charge in [-0.15, -0.1) is 0 Å². The molecule has 4 rings (SSSR count). The summed E-state index contributed by atoms with van der Waals surface area (Å²) < 4.78 is 70.7. The third-order valence-electron chi connectivity index (χ3n) is 4.51. The maximum atomic E-state index is 14.1. The monoisotopic (exact) mass is 467 g/mol. The van der Waals surface area contributed by atoms with E-state index in [0.29, 0.717) is 30.2 Å². The van der Waals surface area contributed by atoms with E-state index in [1.807, 2.05) is 6.20 Å². The van der Waals surface area contributed by atoms with Gasteiger partial charge in [0, 0.05) is 11.6 Å². The molecule has 1 aliphatic rings. The van der Waals surface area contributed by atoms with Crippen LogP contribution >= 0.6 is 11.3 Å². The number of anilines is 1. The lowest BCUT2D eigenvalue weighted by Gasteiger charge is -2.19. The van der Waals surface area contributed by atoms with E-state index < -0.39 is 49.6 Å². The SMILES string of the molecule is O=C(Nc1n[c]c(F)s1)C(Oc1ccc(F)cc1F)c1ccc(S(=O)(=O)C2CC2)cc1. The highest BCUT2D eigenvalue weighted by Crippen LogP contribution is 2.34. The van der Waals surface area contributed by atoms with Crippen molar-refractivity contribution in [1.29, 1.82) is 0 Å². The molecule has 0 saturated heterocycles. The molecule has 161 valence electrons. The van der Waals surface area contributed by atoms with Crippen molar-refractivity contribution in [2.75, 3.05) is 5.32 Å². The standard InChI is InChI=1S/C20H14F3N2O4S2/c21-12-3-8-16(15(22)9-12)29-18(19(26)25-20-24-10-17(23)30-20)11-1-4-13(5-2-11)31(27,28)14-6-7-14/h1-5,8-9,14,18H,6-7H2,(H,24,25,26). The topological polar surface area (TPSA) is 85.4 Å². The van der Waals surface area contributed by atoms with Gasteiger partial charge in [-0.1, -0.05) is 23.5 Å². The highest BCUT2D eigenvalue weighted by molar-refractivity contribution is 7.92. The lowest BCUT2D eigenvalue weighted by atomic mass is 10.1. The third-order valence-corrected chi connectivity index (χ3v) is 7.45. The molecule has 1 N–H and O–H groups in total. The van der Waals surface area contributed by atoms with Crippen LogP contribution in [0.1, 0.15) is 24.5 Å². The summed E-state index contributed by atoms with van der Waals surface area (Å²) in [6, 6.07) is 8.00. The van der Waals surface area contributed by atoms with Crippen LogP contribution in [0.15, 0.2) is 47.4 Å². The van der Waals surface area contributed by atoms with Crippen LogP contribution < -0.4 is 10.1 Å². The van der Waals surface area contributed by atoms with Crippen molar-refractivity contribution in [3.8, 4) is 5.75 Å². The van der Waals surface area contributed by atoms with Crippen LogP contribution in [0.2, 0.25) is 0 Å². The fraction of sp³-hybridized carbons (Fsp3) is 0.200. The number of carbonyl (C=O) groups is 1. The van der Waals surface area contributed by atoms with Gasteiger partial charge in [0.25, 0.3) is 5.91 Å². The van der Waals surface area contributed by atoms with E-state index in [-0.39, 0.29) is 15.6 Å². The number of amides is 1. The summed E-state index contributed by atoms with van der Waals surface area (Å²) in [5, 5.41) is 1.10. The molecular weight excluding hydrogens is 453 g/mol. The molecule has 1 amide bonds. The first-order chi connectivity index (χ1) is 14.7. The van der Waals surface area contributed by atoms with E-state index in [0.717, 1.165) is 12.1 Å². The van der Waals surface area contributed by atoms with E-state index in [4.69, 9.17) is 4.74 Å². The van der Waals surface area contributed by atoms with Gasteiger partial charge in [0.15, 0.2) is 26.5 Å². The number of rotatable bonds is 7. The van der Waals surface area contributed by atoms with Gasteiger partial charge in [-0.05, 0) is 37.1 Å². The minimum Gasteiger partial charge on any atom is -0.473 e. The molecule has 1 fully saturated rings. The van der Waals surface area contributed by atoms with E-state index in [9.17, 15) is 26.4 Å². The number of nitrogens with zero attached hydrogens (tertiary/aromatic N) is 1. The van der Waals surface area contributed by atoms with Gasteiger partial charge in [0.1, 0.15) is 12.0 Å². The number of thiazole rings is 1. The van der Waals surface area contributed by atoms with Crippen LogP contribution in [-0.4, -0.2) is 24.6 Å². The zero-order valence-electron chi connectivity index (χ0n) is 15.6. The van der Waals surface area contributed by atoms with E-state index in [2.05, 4.69) is 10.3 Å². The molecular formula is C20H14F3N2O4S2. The van der Waals surface area contributed by atoms with Crippen molar-refractivity contribution in [2.24, 2.45) is 0 Å². The van der Waals surface area contributed by atoms with Crippen LogP contribution in [0.4, 0.5) is 18.3 Å². The maximum absolute atomic E-state index is 14.1. The number of hydrogen-bond acceptors (Lipinski definition) is 6. The minimum absolute atomic E-state index is 0.0939. The molecule has 0 aliphatic heterocycles. The zero-order chi connectivity index (χ0) is 22.2. The molecule has 3 aromatic rings. The Morgan fingerprint density at radius 3 is 2.45 bits per heavy atom. The fourth-order valence-electron chi connectivity index (χ4n) is 2.82. The second kappa shape index (κ2) is 8.31. The predicted octanol–water partition coefficient (Wildman–Crippen LogP) is 4.06. The van der Waals surface area contributed by atoms with Crippen molar-refractivity contribution in [2.45, 2.75) is 29.1 Å². The first-order valence-corrected chi connectivity index (χ1v) is 11.4. The Morgan fingerprint density at radius 2 is 1.87 bits per heavy atom. The lowest BCUT2D eigenvalue weighted by Crippen LogP contribution is -2.26. The van der Waals surface area contributed by atoms with Crippen LogP contribution in [-0.2, 0) is 14.6 Å². The summed E-state index contributed by atoms with van der Waals surface area (Å²) >= 11 is 0.532. The highest BCUT2D eigenvalue weighted by atomic mass is 32.2. The van der Waals surface area contributed by atoms with Crippen LogP contribution in [0, 0.1) is 23.0 Å². The molecule has 1 aliphatic carbocycles. The zero-order valence-corrected chi connectivity index (χ0v) is 17.3. The normalized spacial score (nSPS) is 14.8. The quantitative estimate of drug-likeness (QED) is 0.567. The minimum atomic E-state index is -3.44. The number of benzene rings is 2. The van der Waals surface area contributed by atoms with Gasteiger partial charge >= 0.3 is 0 Å². The molecule has 11 heteroatoms. The molecule has 31 heavy (non-hydrogen) atoms. The molecule has 0 bridgehead atoms. The number of carbonyl (C=O) groups excluding carboxylic acids is 1. The summed E-state index contributed by atoms with van der Waals surface area (Å²) in [4.78, 5) is 16.5. The molecule has 0 spiro atoms. The first kappa shape index (κ1) is 21.3. The van der Waals surface area contributed by atoms with Crippen molar-refractivity contribution >= 4 is 32.2 Å². The molecule has 1 radical (unpaired) electrons. The van der Waals surface area contributed by atoms with Gasteiger partial charge in [-0.25, -0.2) is 22.2 Å². The summed E-state index contributed by atoms with van der Waals surface area (Å²) in [5.74, 6) is -3.06. The van der Waals surface area contributed by atoms with Crippen LogP contribution in [0.3, 0.4) is 0 Å². The fourth-order valence-corrected chi connectivity index (χ4v) is 4.98. The molecule has 1 atom stereocenters. The average molecular weight is 467 g/mol. The van der Waals surface area contributed by atoms with Crippen molar-refractivity contribution in [3.63, 3.8) is 0 Å². The Balaban J connectivity index is 1.64. The molecule has 2 aromatic carbocycles. The number of hydrogen-bond donors (Lipinski definition) is 1. The second-order valence-electron chi connectivity index (χ2n) is 6.78. The summed E-state index contributed by atoms with van der Waals surface area (Å²) in [6.07, 6.45) is 1.78. The van der Waals surface area contributed by atoms with Crippen LogP contribution in [0.5, 0.6) is 5.75 Å². The number of nitrogens with one attached hydrogen (secondary N) is 1. The highest BCUT2D eigenvalue weighted by Gasteiger charge is 2.37. The smallest absolute Gasteiger partial charge is 0.271 e. The predicted molar refractivity (Wildman–Crippen MR) is 106 cm³/mol. The number of halogens is 3. The Kier molecular flexibility index (Phi) is 5.71. The van der Waals surface area contributed by atoms with Crippen LogP contribution in [0.25, 0.3) is 0 Å². The van der Waals surface area contributed by atoms with Crippen molar-refractivity contribution < 1.29 is 31.1 Å². The third kappa shape index (κ3) is 4.72. The van der Waals surface area contributed by atoms with Gasteiger partial charge in [-0.3, -0.25) is 10.1 Å². The van der Waals surface area contributed by atoms with E-state index in [1.54, 1.807) is 0 Å². The summed E-state index contributed by atoms with van der Waals surface area (Å²) in [5.41, 5.74) is 0.206. The summed E-state index contributed by atoms with van der Waals surface area (Å²) in [6.45, 7) is 0. The Bertz CT molecular complexity index is 1230. The largest absolute Gasteiger partial charge is 0.473 e. The number of sulfone groups is 1. The number of aromatic nitrogens is 1. The van der Waals surface area contributed by atoms with Gasteiger partial charge in [0.2, 0.25) is 11.2 Å². The molecule has 1 heterocycles. The number of ether oxygens (including phenoxy) is 1. The van der Waals surface area contributed by atoms with Gasteiger partial charge in [0.05, 0.1) is 10.1 Å². The van der Waals surface area contributed by atoms with Crippen molar-refractivity contribution in [3.05, 3.63) is 71.0 Å². The summed E-state index contributed by atoms with van der Waals surface area (Å²) in [7, 11) is -3.44. The van der Waals surface area contributed by atoms with Crippen molar-refractivity contribution in [1.82, 2.24) is 4.98 Å². The Hall–Kier alpha value is -2.92. The maximum Gasteiger partial charge on any atom is 0.271 e. The van der Waals surface area contributed by atoms with Gasteiger partial charge < -0.3 is 4.74 Å². The Morgan fingerprint density at radius 1 is 1.16 bits per heavy atom. The van der Waals surface area contributed by atoms with E-state index in [1.165, 1.54) is 24.3 Å². The molecule has 1 aromatic heterocycles. The molecule has 1 saturated carbocycles. The molecule has 1 unspecified atom stereocenters. The van der Waals surface area contributed by atoms with Gasteiger partial charge in [-0.2, -0.15) is 4.39 Å². The lowest BCUT2D eigenvalue weighted by molar-refractivity contribution is -0.123. The molecule has 6 nitrogen and oxygen atoms in total. The second-order valence-corrected chi connectivity index (χ2v) is 9.96. The Labute approximate surface area is 179 Å². The average Bonchev–Trinajstić information content (AvgIpc) is 3.51. The van der Waals surface area contributed by atoms with E-state index >= 15 is 0 Å².